The summed E-state index contributed by atoms with van der Waals surface area (Å²) < 4.78 is 23.8. The molecule has 1 aliphatic heterocycles. The number of amides is 1. The molecule has 116 valence electrons. The Bertz CT molecular complexity index is 649. The molecule has 6 nitrogen and oxygen atoms in total. The topological polar surface area (TPSA) is 89.0 Å². The standard InChI is InChI=1S/C13H19N3O3S2/c1-2-10-15-16-12(20-10)11(17)14-9-4-7-21(18,19)13(8-9)5-3-6-13/h9H,2-8H2,1H3,(H,14,17)/t9-/m0/s1. The highest BCUT2D eigenvalue weighted by molar-refractivity contribution is 7.92. The first kappa shape index (κ1) is 14.9. The van der Waals surface area contributed by atoms with Crippen LogP contribution < -0.4 is 5.32 Å². The van der Waals surface area contributed by atoms with Crippen LogP contribution >= 0.6 is 11.3 Å². The number of rotatable bonds is 3. The first-order valence-corrected chi connectivity index (χ1v) is 9.78. The van der Waals surface area contributed by atoms with E-state index in [2.05, 4.69) is 15.5 Å². The molecule has 1 N–H and O–H groups in total. The quantitative estimate of drug-likeness (QED) is 0.903. The summed E-state index contributed by atoms with van der Waals surface area (Å²) in [5.74, 6) is -0.0557. The minimum atomic E-state index is -3.00. The Hall–Kier alpha value is -1.02. The van der Waals surface area contributed by atoms with E-state index in [4.69, 9.17) is 0 Å². The zero-order valence-corrected chi connectivity index (χ0v) is 13.6. The SMILES string of the molecule is CCc1nnc(C(=O)N[C@H]2CCS(=O)(=O)C3(CCC3)C2)s1. The largest absolute Gasteiger partial charge is 0.347 e. The van der Waals surface area contributed by atoms with Gasteiger partial charge in [-0.05, 0) is 32.1 Å². The third kappa shape index (κ3) is 2.59. The molecule has 21 heavy (non-hydrogen) atoms. The second-order valence-corrected chi connectivity index (χ2v) is 9.44. The number of hydrogen-bond acceptors (Lipinski definition) is 6. The number of sulfone groups is 1. The molecule has 0 unspecified atom stereocenters. The predicted molar refractivity (Wildman–Crippen MR) is 80.1 cm³/mol. The van der Waals surface area contributed by atoms with E-state index in [-0.39, 0.29) is 17.7 Å². The molecule has 3 rings (SSSR count). The van der Waals surface area contributed by atoms with Gasteiger partial charge in [-0.15, -0.1) is 10.2 Å². The first-order chi connectivity index (χ1) is 9.96. The Morgan fingerprint density at radius 2 is 2.19 bits per heavy atom. The van der Waals surface area contributed by atoms with Gasteiger partial charge in [-0.1, -0.05) is 24.7 Å². The van der Waals surface area contributed by atoms with Crippen LogP contribution in [-0.4, -0.2) is 41.1 Å². The van der Waals surface area contributed by atoms with Crippen molar-refractivity contribution < 1.29 is 13.2 Å². The molecule has 1 atom stereocenters. The summed E-state index contributed by atoms with van der Waals surface area (Å²) >= 11 is 1.30. The summed E-state index contributed by atoms with van der Waals surface area (Å²) in [6, 6.07) is -0.0738. The van der Waals surface area contributed by atoms with Crippen molar-refractivity contribution in [2.45, 2.75) is 56.2 Å². The van der Waals surface area contributed by atoms with Crippen molar-refractivity contribution >= 4 is 27.1 Å². The van der Waals surface area contributed by atoms with Crippen LogP contribution in [0.25, 0.3) is 0 Å². The second-order valence-electron chi connectivity index (χ2n) is 5.87. The molecular weight excluding hydrogens is 310 g/mol. The molecule has 1 aromatic rings. The smallest absolute Gasteiger partial charge is 0.282 e. The Balaban J connectivity index is 1.67. The van der Waals surface area contributed by atoms with Gasteiger partial charge in [0.15, 0.2) is 9.84 Å². The Morgan fingerprint density at radius 3 is 2.76 bits per heavy atom. The van der Waals surface area contributed by atoms with Gasteiger partial charge < -0.3 is 5.32 Å². The lowest BCUT2D eigenvalue weighted by atomic mass is 9.79. The minimum Gasteiger partial charge on any atom is -0.347 e. The van der Waals surface area contributed by atoms with Crippen molar-refractivity contribution in [2.75, 3.05) is 5.75 Å². The average molecular weight is 329 g/mol. The fourth-order valence-corrected chi connectivity index (χ4v) is 6.21. The molecule has 1 amide bonds. The maximum atomic E-state index is 12.2. The van der Waals surface area contributed by atoms with E-state index >= 15 is 0 Å². The van der Waals surface area contributed by atoms with Crippen LogP contribution in [0.2, 0.25) is 0 Å². The van der Waals surface area contributed by atoms with Crippen LogP contribution in [0.15, 0.2) is 0 Å². The van der Waals surface area contributed by atoms with Gasteiger partial charge in [0.05, 0.1) is 10.5 Å². The van der Waals surface area contributed by atoms with E-state index in [0.29, 0.717) is 17.8 Å². The van der Waals surface area contributed by atoms with Gasteiger partial charge in [0.1, 0.15) is 5.01 Å². The van der Waals surface area contributed by atoms with Crippen LogP contribution in [0.1, 0.15) is 53.8 Å². The van der Waals surface area contributed by atoms with Crippen molar-refractivity contribution in [3.8, 4) is 0 Å². The molecular formula is C13H19N3O3S2. The highest BCUT2D eigenvalue weighted by Crippen LogP contribution is 2.46. The predicted octanol–water partition coefficient (Wildman–Crippen LogP) is 1.33. The monoisotopic (exact) mass is 329 g/mol. The van der Waals surface area contributed by atoms with Crippen molar-refractivity contribution in [3.63, 3.8) is 0 Å². The van der Waals surface area contributed by atoms with E-state index in [9.17, 15) is 13.2 Å². The van der Waals surface area contributed by atoms with Gasteiger partial charge in [-0.2, -0.15) is 0 Å². The summed E-state index contributed by atoms with van der Waals surface area (Å²) in [5, 5.41) is 12.0. The summed E-state index contributed by atoms with van der Waals surface area (Å²) in [4.78, 5) is 12.2. The molecule has 2 heterocycles. The zero-order valence-electron chi connectivity index (χ0n) is 12.0. The van der Waals surface area contributed by atoms with Crippen LogP contribution in [0.4, 0.5) is 0 Å². The van der Waals surface area contributed by atoms with Crippen molar-refractivity contribution in [2.24, 2.45) is 0 Å². The van der Waals surface area contributed by atoms with E-state index in [1.54, 1.807) is 0 Å². The van der Waals surface area contributed by atoms with Crippen LogP contribution in [0.5, 0.6) is 0 Å². The fourth-order valence-electron chi connectivity index (χ4n) is 3.14. The molecule has 1 saturated carbocycles. The molecule has 8 heteroatoms. The Kier molecular flexibility index (Phi) is 3.77. The Labute approximate surface area is 128 Å². The normalized spacial score (nSPS) is 26.2. The average Bonchev–Trinajstić information content (AvgIpc) is 2.87. The summed E-state index contributed by atoms with van der Waals surface area (Å²) in [6.45, 7) is 1.97. The number of aromatic nitrogens is 2. The summed E-state index contributed by atoms with van der Waals surface area (Å²) in [6.07, 6.45) is 4.24. The van der Waals surface area contributed by atoms with Crippen molar-refractivity contribution in [1.29, 1.82) is 0 Å². The first-order valence-electron chi connectivity index (χ1n) is 7.31. The molecule has 0 bridgehead atoms. The van der Waals surface area contributed by atoms with Gasteiger partial charge in [0, 0.05) is 6.04 Å². The lowest BCUT2D eigenvalue weighted by molar-refractivity contribution is 0.0923. The lowest BCUT2D eigenvalue weighted by Crippen LogP contribution is -2.55. The minimum absolute atomic E-state index is 0.0738. The van der Waals surface area contributed by atoms with Crippen molar-refractivity contribution in [1.82, 2.24) is 15.5 Å². The lowest BCUT2D eigenvalue weighted by Gasteiger charge is -2.46. The van der Waals surface area contributed by atoms with E-state index in [1.807, 2.05) is 6.92 Å². The summed E-state index contributed by atoms with van der Waals surface area (Å²) in [7, 11) is -3.00. The molecule has 2 aliphatic rings. The molecule has 0 aromatic carbocycles. The van der Waals surface area contributed by atoms with Crippen LogP contribution in [0, 0.1) is 0 Å². The number of aryl methyl sites for hydroxylation is 1. The third-order valence-corrected chi connectivity index (χ3v) is 8.31. The van der Waals surface area contributed by atoms with Gasteiger partial charge >= 0.3 is 0 Å². The maximum absolute atomic E-state index is 12.2. The molecule has 1 saturated heterocycles. The van der Waals surface area contributed by atoms with Gasteiger partial charge in [-0.3, -0.25) is 4.79 Å². The Morgan fingerprint density at radius 1 is 1.43 bits per heavy atom. The van der Waals surface area contributed by atoms with Crippen LogP contribution in [-0.2, 0) is 16.3 Å². The van der Waals surface area contributed by atoms with E-state index < -0.39 is 14.6 Å². The van der Waals surface area contributed by atoms with Gasteiger partial charge in [0.2, 0.25) is 5.01 Å². The number of hydrogen-bond donors (Lipinski definition) is 1. The number of carbonyl (C=O) groups is 1. The molecule has 1 aliphatic carbocycles. The maximum Gasteiger partial charge on any atom is 0.282 e. The highest BCUT2D eigenvalue weighted by atomic mass is 32.2. The molecule has 0 radical (unpaired) electrons. The molecule has 1 aromatic heterocycles. The molecule has 2 fully saturated rings. The number of nitrogens with zero attached hydrogens (tertiary/aromatic N) is 2. The highest BCUT2D eigenvalue weighted by Gasteiger charge is 2.52. The number of carbonyl (C=O) groups excluding carboxylic acids is 1. The van der Waals surface area contributed by atoms with Gasteiger partial charge in [0.25, 0.3) is 5.91 Å². The second kappa shape index (κ2) is 5.31. The van der Waals surface area contributed by atoms with Crippen molar-refractivity contribution in [3.05, 3.63) is 10.0 Å². The zero-order chi connectivity index (χ0) is 15.1. The fraction of sp³-hybridized carbons (Fsp3) is 0.769. The third-order valence-electron chi connectivity index (χ3n) is 4.58. The number of nitrogens with one attached hydrogen (secondary N) is 1. The van der Waals surface area contributed by atoms with E-state index in [1.165, 1.54) is 11.3 Å². The van der Waals surface area contributed by atoms with Crippen LogP contribution in [0.3, 0.4) is 0 Å². The molecule has 1 spiro atoms. The van der Waals surface area contributed by atoms with E-state index in [0.717, 1.165) is 30.7 Å². The summed E-state index contributed by atoms with van der Waals surface area (Å²) in [5.41, 5.74) is 0. The van der Waals surface area contributed by atoms with Gasteiger partial charge in [-0.25, -0.2) is 8.42 Å².